The molecule has 0 aromatic carbocycles. The second kappa shape index (κ2) is 5.22. The number of aryl methyl sites for hydroxylation is 2. The predicted molar refractivity (Wildman–Crippen MR) is 68.6 cm³/mol. The number of ether oxygens (including phenoxy) is 1. The van der Waals surface area contributed by atoms with Crippen LogP contribution in [0.15, 0.2) is 18.6 Å². The van der Waals surface area contributed by atoms with Gasteiger partial charge in [-0.3, -0.25) is 0 Å². The van der Waals surface area contributed by atoms with Crippen LogP contribution in [0.25, 0.3) is 0 Å². The van der Waals surface area contributed by atoms with Gasteiger partial charge in [0, 0.05) is 25.9 Å². The summed E-state index contributed by atoms with van der Waals surface area (Å²) in [4.78, 5) is 4.41. The van der Waals surface area contributed by atoms with Crippen molar-refractivity contribution in [3.8, 4) is 5.88 Å². The van der Waals surface area contributed by atoms with Crippen LogP contribution < -0.4 is 10.1 Å². The first-order chi connectivity index (χ1) is 8.69. The van der Waals surface area contributed by atoms with E-state index in [-0.39, 0.29) is 6.04 Å². The molecular formula is C12H19N5O. The van der Waals surface area contributed by atoms with Crippen LogP contribution in [0.3, 0.4) is 0 Å². The fourth-order valence-electron chi connectivity index (χ4n) is 1.95. The topological polar surface area (TPSA) is 56.9 Å². The third kappa shape index (κ3) is 2.24. The molecule has 2 rings (SSSR count). The Labute approximate surface area is 107 Å². The lowest BCUT2D eigenvalue weighted by Gasteiger charge is -2.10. The molecule has 0 saturated heterocycles. The summed E-state index contributed by atoms with van der Waals surface area (Å²) in [6.45, 7) is 3.00. The van der Waals surface area contributed by atoms with Gasteiger partial charge in [-0.15, -0.1) is 0 Å². The monoisotopic (exact) mass is 249 g/mol. The van der Waals surface area contributed by atoms with Crippen LogP contribution in [0.1, 0.15) is 24.4 Å². The Balaban J connectivity index is 2.32. The van der Waals surface area contributed by atoms with Crippen LogP contribution in [0, 0.1) is 0 Å². The zero-order valence-corrected chi connectivity index (χ0v) is 11.2. The van der Waals surface area contributed by atoms with Gasteiger partial charge in [-0.1, -0.05) is 0 Å². The lowest BCUT2D eigenvalue weighted by molar-refractivity contribution is 0.373. The minimum Gasteiger partial charge on any atom is -0.481 e. The highest BCUT2D eigenvalue weighted by molar-refractivity contribution is 5.25. The summed E-state index contributed by atoms with van der Waals surface area (Å²) in [5.41, 5.74) is 1.86. The summed E-state index contributed by atoms with van der Waals surface area (Å²) in [6, 6.07) is 1.90. The first-order valence-electron chi connectivity index (χ1n) is 5.96. The predicted octanol–water partition coefficient (Wildman–Crippen LogP) is 0.954. The molecule has 6 nitrogen and oxygen atoms in total. The second-order valence-corrected chi connectivity index (χ2v) is 4.09. The van der Waals surface area contributed by atoms with Crippen LogP contribution in [-0.4, -0.2) is 33.5 Å². The molecule has 0 aliphatic carbocycles. The van der Waals surface area contributed by atoms with Crippen LogP contribution in [0.5, 0.6) is 5.88 Å². The molecular weight excluding hydrogens is 230 g/mol. The first-order valence-corrected chi connectivity index (χ1v) is 5.96. The SMILES string of the molecule is CCn1cnc(C(NC)c2cc(OC)n(C)n2)c1. The van der Waals surface area contributed by atoms with Gasteiger partial charge in [-0.2, -0.15) is 5.10 Å². The number of aromatic nitrogens is 4. The van der Waals surface area contributed by atoms with E-state index in [9.17, 15) is 0 Å². The van der Waals surface area contributed by atoms with E-state index >= 15 is 0 Å². The van der Waals surface area contributed by atoms with Crippen molar-refractivity contribution in [1.29, 1.82) is 0 Å². The Kier molecular flexibility index (Phi) is 3.66. The third-order valence-electron chi connectivity index (χ3n) is 2.96. The van der Waals surface area contributed by atoms with E-state index in [0.717, 1.165) is 23.8 Å². The highest BCUT2D eigenvalue weighted by atomic mass is 16.5. The number of hydrogen-bond acceptors (Lipinski definition) is 4. The molecule has 0 amide bonds. The van der Waals surface area contributed by atoms with Gasteiger partial charge in [0.2, 0.25) is 5.88 Å². The second-order valence-electron chi connectivity index (χ2n) is 4.09. The van der Waals surface area contributed by atoms with Crippen LogP contribution in [0.4, 0.5) is 0 Å². The number of nitrogens with zero attached hydrogens (tertiary/aromatic N) is 4. The average molecular weight is 249 g/mol. The van der Waals surface area contributed by atoms with Crippen molar-refractivity contribution in [2.24, 2.45) is 7.05 Å². The van der Waals surface area contributed by atoms with Crippen molar-refractivity contribution in [1.82, 2.24) is 24.6 Å². The van der Waals surface area contributed by atoms with Crippen molar-refractivity contribution in [2.45, 2.75) is 19.5 Å². The van der Waals surface area contributed by atoms with E-state index in [4.69, 9.17) is 4.74 Å². The highest BCUT2D eigenvalue weighted by Crippen LogP contribution is 2.22. The molecule has 0 fully saturated rings. The maximum Gasteiger partial charge on any atom is 0.211 e. The summed E-state index contributed by atoms with van der Waals surface area (Å²) >= 11 is 0. The fraction of sp³-hybridized carbons (Fsp3) is 0.500. The molecule has 18 heavy (non-hydrogen) atoms. The first kappa shape index (κ1) is 12.6. The van der Waals surface area contributed by atoms with E-state index in [1.165, 1.54) is 0 Å². The van der Waals surface area contributed by atoms with Gasteiger partial charge in [-0.05, 0) is 14.0 Å². The smallest absolute Gasteiger partial charge is 0.211 e. The highest BCUT2D eigenvalue weighted by Gasteiger charge is 2.19. The van der Waals surface area contributed by atoms with Gasteiger partial charge in [-0.25, -0.2) is 9.67 Å². The standard InChI is InChI=1S/C12H19N5O/c1-5-17-7-10(14-8-17)12(13-2)9-6-11(18-4)16(3)15-9/h6-8,12-13H,5H2,1-4H3. The molecule has 0 aliphatic heterocycles. The van der Waals surface area contributed by atoms with E-state index < -0.39 is 0 Å². The molecule has 1 atom stereocenters. The van der Waals surface area contributed by atoms with Gasteiger partial charge < -0.3 is 14.6 Å². The zero-order valence-electron chi connectivity index (χ0n) is 11.2. The van der Waals surface area contributed by atoms with Gasteiger partial charge in [0.25, 0.3) is 0 Å². The summed E-state index contributed by atoms with van der Waals surface area (Å²) in [5, 5.41) is 7.67. The molecule has 1 unspecified atom stereocenters. The summed E-state index contributed by atoms with van der Waals surface area (Å²) in [5.74, 6) is 0.736. The summed E-state index contributed by atoms with van der Waals surface area (Å²) in [6.07, 6.45) is 3.86. The molecule has 98 valence electrons. The van der Waals surface area contributed by atoms with Crippen LogP contribution in [0.2, 0.25) is 0 Å². The minimum absolute atomic E-state index is 0.0205. The number of imidazole rings is 1. The van der Waals surface area contributed by atoms with Crippen molar-refractivity contribution in [3.63, 3.8) is 0 Å². The number of methoxy groups -OCH3 is 1. The molecule has 2 aromatic rings. The normalized spacial score (nSPS) is 12.7. The van der Waals surface area contributed by atoms with Gasteiger partial charge >= 0.3 is 0 Å². The van der Waals surface area contributed by atoms with Gasteiger partial charge in [0.15, 0.2) is 0 Å². The Bertz CT molecular complexity index is 516. The molecule has 0 saturated carbocycles. The van der Waals surface area contributed by atoms with E-state index in [0.29, 0.717) is 0 Å². The molecule has 1 N–H and O–H groups in total. The number of nitrogens with one attached hydrogen (secondary N) is 1. The maximum absolute atomic E-state index is 5.23. The largest absolute Gasteiger partial charge is 0.481 e. The van der Waals surface area contributed by atoms with Gasteiger partial charge in [0.1, 0.15) is 0 Å². The molecule has 0 bridgehead atoms. The molecule has 0 aliphatic rings. The van der Waals surface area contributed by atoms with Crippen molar-refractivity contribution in [3.05, 3.63) is 30.0 Å². The Morgan fingerprint density at radius 2 is 2.22 bits per heavy atom. The zero-order chi connectivity index (χ0) is 13.1. The molecule has 0 radical (unpaired) electrons. The van der Waals surface area contributed by atoms with E-state index in [2.05, 4.69) is 22.3 Å². The fourth-order valence-corrected chi connectivity index (χ4v) is 1.95. The molecule has 6 heteroatoms. The summed E-state index contributed by atoms with van der Waals surface area (Å²) < 4.78 is 8.99. The Morgan fingerprint density at radius 3 is 2.72 bits per heavy atom. The van der Waals surface area contributed by atoms with E-state index in [1.807, 2.05) is 37.3 Å². The van der Waals surface area contributed by atoms with Crippen LogP contribution >= 0.6 is 0 Å². The number of rotatable bonds is 5. The average Bonchev–Trinajstić information content (AvgIpc) is 2.97. The van der Waals surface area contributed by atoms with Crippen molar-refractivity contribution < 1.29 is 4.74 Å². The third-order valence-corrected chi connectivity index (χ3v) is 2.96. The van der Waals surface area contributed by atoms with Crippen molar-refractivity contribution in [2.75, 3.05) is 14.2 Å². The van der Waals surface area contributed by atoms with Crippen LogP contribution in [-0.2, 0) is 13.6 Å². The number of hydrogen-bond donors (Lipinski definition) is 1. The Morgan fingerprint density at radius 1 is 1.44 bits per heavy atom. The molecule has 2 aromatic heterocycles. The Hall–Kier alpha value is -1.82. The van der Waals surface area contributed by atoms with E-state index in [1.54, 1.807) is 11.8 Å². The van der Waals surface area contributed by atoms with Gasteiger partial charge in [0.05, 0.1) is 30.9 Å². The lowest BCUT2D eigenvalue weighted by Crippen LogP contribution is -2.18. The summed E-state index contributed by atoms with van der Waals surface area (Å²) in [7, 11) is 5.40. The lowest BCUT2D eigenvalue weighted by atomic mass is 10.1. The molecule has 0 spiro atoms. The molecule has 2 heterocycles. The maximum atomic E-state index is 5.23. The van der Waals surface area contributed by atoms with Crippen molar-refractivity contribution >= 4 is 0 Å². The quantitative estimate of drug-likeness (QED) is 0.857. The minimum atomic E-state index is -0.0205.